The van der Waals surface area contributed by atoms with Gasteiger partial charge in [-0.15, -0.1) is 0 Å². The Balaban J connectivity index is 1.59. The Labute approximate surface area is 172 Å². The maximum absolute atomic E-state index is 12.6. The van der Waals surface area contributed by atoms with E-state index < -0.39 is 0 Å². The second-order valence-electron chi connectivity index (χ2n) is 6.79. The Hall–Kier alpha value is -3.25. The van der Waals surface area contributed by atoms with Crippen molar-refractivity contribution < 1.29 is 14.3 Å². The van der Waals surface area contributed by atoms with Crippen molar-refractivity contribution in [3.05, 3.63) is 82.1 Å². The molecule has 2 aromatic carbocycles. The smallest absolute Gasteiger partial charge is 0.261 e. The number of hydrogen-bond acceptors (Lipinski definition) is 5. The van der Waals surface area contributed by atoms with Crippen molar-refractivity contribution >= 4 is 29.2 Å². The van der Waals surface area contributed by atoms with Crippen molar-refractivity contribution in [2.45, 2.75) is 18.8 Å². The molecule has 1 atom stereocenters. The van der Waals surface area contributed by atoms with Crippen molar-refractivity contribution in [1.29, 1.82) is 0 Å². The number of fused-ring (bicyclic) bond motifs is 1. The molecule has 4 rings (SSSR count). The third kappa shape index (κ3) is 3.98. The lowest BCUT2D eigenvalue weighted by Crippen LogP contribution is -2.22. The van der Waals surface area contributed by atoms with E-state index in [1.165, 1.54) is 13.3 Å². The Bertz CT molecular complexity index is 1100. The fourth-order valence-corrected chi connectivity index (χ4v) is 3.70. The fourth-order valence-electron chi connectivity index (χ4n) is 3.50. The zero-order valence-corrected chi connectivity index (χ0v) is 16.4. The number of carbonyl (C=O) groups is 2. The molecule has 6 nitrogen and oxygen atoms in total. The number of ether oxygens (including phenoxy) is 1. The predicted octanol–water partition coefficient (Wildman–Crippen LogP) is 4.30. The third-order valence-electron chi connectivity index (χ3n) is 4.94. The molecule has 146 valence electrons. The van der Waals surface area contributed by atoms with Crippen LogP contribution in [0.1, 0.15) is 44.3 Å². The average molecular weight is 408 g/mol. The summed E-state index contributed by atoms with van der Waals surface area (Å²) in [7, 11) is 1.50. The van der Waals surface area contributed by atoms with Crippen molar-refractivity contribution in [1.82, 2.24) is 9.97 Å². The number of methoxy groups -OCH3 is 1. The van der Waals surface area contributed by atoms with Crippen LogP contribution in [0.25, 0.3) is 0 Å². The molecule has 0 aliphatic heterocycles. The number of rotatable bonds is 4. The fraction of sp³-hybridized carbons (Fsp3) is 0.182. The first-order chi connectivity index (χ1) is 14.0. The van der Waals surface area contributed by atoms with Gasteiger partial charge >= 0.3 is 0 Å². The zero-order chi connectivity index (χ0) is 20.4. The van der Waals surface area contributed by atoms with Crippen LogP contribution in [0.5, 0.6) is 5.75 Å². The van der Waals surface area contributed by atoms with E-state index in [1.807, 2.05) is 18.2 Å². The van der Waals surface area contributed by atoms with Crippen molar-refractivity contribution in [2.75, 3.05) is 12.4 Å². The first-order valence-corrected chi connectivity index (χ1v) is 9.52. The van der Waals surface area contributed by atoms with Gasteiger partial charge in [0, 0.05) is 17.6 Å². The minimum Gasteiger partial charge on any atom is -0.496 e. The van der Waals surface area contributed by atoms with Crippen LogP contribution in [0.2, 0.25) is 5.02 Å². The molecule has 29 heavy (non-hydrogen) atoms. The molecule has 1 N–H and O–H groups in total. The number of anilines is 1. The zero-order valence-electron chi connectivity index (χ0n) is 15.7. The summed E-state index contributed by atoms with van der Waals surface area (Å²) >= 11 is 6.10. The third-order valence-corrected chi connectivity index (χ3v) is 5.17. The topological polar surface area (TPSA) is 81.2 Å². The molecule has 0 bridgehead atoms. The highest BCUT2D eigenvalue weighted by atomic mass is 35.5. The number of nitrogens with one attached hydrogen (secondary N) is 1. The van der Waals surface area contributed by atoms with Gasteiger partial charge in [-0.05, 0) is 42.2 Å². The maximum Gasteiger partial charge on any atom is 0.261 e. The average Bonchev–Trinajstić information content (AvgIpc) is 2.73. The van der Waals surface area contributed by atoms with Crippen LogP contribution in [0.15, 0.2) is 54.7 Å². The summed E-state index contributed by atoms with van der Waals surface area (Å²) in [4.78, 5) is 33.8. The van der Waals surface area contributed by atoms with Gasteiger partial charge < -0.3 is 4.74 Å². The van der Waals surface area contributed by atoms with E-state index in [0.29, 0.717) is 40.4 Å². The van der Waals surface area contributed by atoms with Gasteiger partial charge in [-0.25, -0.2) is 9.97 Å². The van der Waals surface area contributed by atoms with Gasteiger partial charge in [-0.1, -0.05) is 35.9 Å². The van der Waals surface area contributed by atoms with Crippen LogP contribution in [0.4, 0.5) is 5.95 Å². The summed E-state index contributed by atoms with van der Waals surface area (Å²) in [6, 6.07) is 14.4. The van der Waals surface area contributed by atoms with E-state index in [0.717, 1.165) is 5.56 Å². The van der Waals surface area contributed by atoms with Gasteiger partial charge in [0.2, 0.25) is 5.95 Å². The molecule has 1 aliphatic rings. The van der Waals surface area contributed by atoms with Gasteiger partial charge in [0.15, 0.2) is 5.78 Å². The summed E-state index contributed by atoms with van der Waals surface area (Å²) in [6.07, 6.45) is 2.43. The molecule has 0 spiro atoms. The maximum atomic E-state index is 12.6. The molecule has 7 heteroatoms. The quantitative estimate of drug-likeness (QED) is 0.697. The van der Waals surface area contributed by atoms with Crippen LogP contribution >= 0.6 is 11.6 Å². The van der Waals surface area contributed by atoms with E-state index in [1.54, 1.807) is 30.3 Å². The molecular formula is C22H18ClN3O3. The SMILES string of the molecule is COc1ccccc1C(=O)Nc1ncc2c(n1)C[C@H](c1cccc(Cl)c1)CC2=O. The number of aromatic nitrogens is 2. The Kier molecular flexibility index (Phi) is 5.27. The highest BCUT2D eigenvalue weighted by molar-refractivity contribution is 6.30. The first-order valence-electron chi connectivity index (χ1n) is 9.14. The lowest BCUT2D eigenvalue weighted by Gasteiger charge is -2.23. The number of Topliss-reactive ketones (excluding diaryl/α,β-unsaturated/α-hetero) is 1. The summed E-state index contributed by atoms with van der Waals surface area (Å²) in [6.45, 7) is 0. The Morgan fingerprint density at radius 2 is 2.00 bits per heavy atom. The molecule has 0 saturated heterocycles. The van der Waals surface area contributed by atoms with Crippen LogP contribution in [0, 0.1) is 0 Å². The minimum atomic E-state index is -0.379. The standard InChI is InChI=1S/C22H18ClN3O3/c1-29-20-8-3-2-7-16(20)21(28)26-22-24-12-17-18(25-22)10-14(11-19(17)27)13-5-4-6-15(23)9-13/h2-9,12,14H,10-11H2,1H3,(H,24,25,26,28)/t14-/m0/s1. The predicted molar refractivity (Wildman–Crippen MR) is 110 cm³/mol. The number of hydrogen-bond donors (Lipinski definition) is 1. The summed E-state index contributed by atoms with van der Waals surface area (Å²) < 4.78 is 5.22. The number of ketones is 1. The summed E-state index contributed by atoms with van der Waals surface area (Å²) in [5.74, 6) is 0.203. The van der Waals surface area contributed by atoms with E-state index in [4.69, 9.17) is 16.3 Å². The van der Waals surface area contributed by atoms with Crippen LogP contribution in [0.3, 0.4) is 0 Å². The highest BCUT2D eigenvalue weighted by Gasteiger charge is 2.28. The van der Waals surface area contributed by atoms with Crippen LogP contribution < -0.4 is 10.1 Å². The molecule has 1 heterocycles. The normalized spacial score (nSPS) is 15.5. The molecular weight excluding hydrogens is 390 g/mol. The number of carbonyl (C=O) groups excluding carboxylic acids is 2. The summed E-state index contributed by atoms with van der Waals surface area (Å²) in [5, 5.41) is 3.32. The van der Waals surface area contributed by atoms with Gasteiger partial charge in [0.1, 0.15) is 5.75 Å². The molecule has 1 aromatic heterocycles. The molecule has 0 fully saturated rings. The molecule has 0 saturated carbocycles. The van der Waals surface area contributed by atoms with E-state index in [-0.39, 0.29) is 23.6 Å². The Morgan fingerprint density at radius 3 is 2.79 bits per heavy atom. The Morgan fingerprint density at radius 1 is 1.17 bits per heavy atom. The molecule has 3 aromatic rings. The first kappa shape index (κ1) is 19.1. The van der Waals surface area contributed by atoms with Gasteiger partial charge in [0.05, 0.1) is 23.9 Å². The number of halogens is 1. The van der Waals surface area contributed by atoms with E-state index >= 15 is 0 Å². The number of nitrogens with zero attached hydrogens (tertiary/aromatic N) is 2. The number of benzene rings is 2. The van der Waals surface area contributed by atoms with Gasteiger partial charge in [0.25, 0.3) is 5.91 Å². The lowest BCUT2D eigenvalue weighted by atomic mass is 9.82. The lowest BCUT2D eigenvalue weighted by molar-refractivity contribution is 0.0962. The highest BCUT2D eigenvalue weighted by Crippen LogP contribution is 2.33. The van der Waals surface area contributed by atoms with Crippen LogP contribution in [-0.2, 0) is 6.42 Å². The second kappa shape index (κ2) is 8.01. The van der Waals surface area contributed by atoms with Crippen LogP contribution in [-0.4, -0.2) is 28.8 Å². The number of para-hydroxylation sites is 1. The largest absolute Gasteiger partial charge is 0.496 e. The minimum absolute atomic E-state index is 0.0126. The van der Waals surface area contributed by atoms with Crippen molar-refractivity contribution in [3.63, 3.8) is 0 Å². The molecule has 0 unspecified atom stereocenters. The number of amides is 1. The van der Waals surface area contributed by atoms with E-state index in [2.05, 4.69) is 15.3 Å². The van der Waals surface area contributed by atoms with Gasteiger partial charge in [-0.3, -0.25) is 14.9 Å². The monoisotopic (exact) mass is 407 g/mol. The second-order valence-corrected chi connectivity index (χ2v) is 7.23. The molecule has 1 amide bonds. The molecule has 1 aliphatic carbocycles. The van der Waals surface area contributed by atoms with E-state index in [9.17, 15) is 9.59 Å². The van der Waals surface area contributed by atoms with Crippen molar-refractivity contribution in [2.24, 2.45) is 0 Å². The van der Waals surface area contributed by atoms with Crippen molar-refractivity contribution in [3.8, 4) is 5.75 Å². The van der Waals surface area contributed by atoms with Gasteiger partial charge in [-0.2, -0.15) is 0 Å². The summed E-state index contributed by atoms with van der Waals surface area (Å²) in [5.41, 5.74) is 2.49. The molecule has 0 radical (unpaired) electrons.